The Morgan fingerprint density at radius 3 is 2.38 bits per heavy atom. The summed E-state index contributed by atoms with van der Waals surface area (Å²) in [7, 11) is 2.06. The highest BCUT2D eigenvalue weighted by molar-refractivity contribution is 5.99. The molecule has 1 aliphatic heterocycles. The van der Waals surface area contributed by atoms with E-state index in [-0.39, 0.29) is 22.7 Å². The zero-order chi connectivity index (χ0) is 26.3. The maximum absolute atomic E-state index is 14.8. The van der Waals surface area contributed by atoms with Crippen LogP contribution in [0.1, 0.15) is 85.8 Å². The molecule has 0 spiro atoms. The second kappa shape index (κ2) is 10.2. The molecular weight excluding hydrogens is 481 g/mol. The Balaban J connectivity index is 1.46. The van der Waals surface area contributed by atoms with E-state index in [1.807, 2.05) is 0 Å². The number of anilines is 1. The molecule has 37 heavy (non-hydrogen) atoms. The number of hydrogen-bond acceptors (Lipinski definition) is 4. The van der Waals surface area contributed by atoms with E-state index < -0.39 is 29.8 Å². The third-order valence-electron chi connectivity index (χ3n) is 8.59. The molecular formula is C28H35F3N4O2. The molecule has 1 aromatic carbocycles. The third-order valence-corrected chi connectivity index (χ3v) is 8.59. The minimum absolute atomic E-state index is 0.00238. The standard InChI is InChI=1S/C28H35F3N4O2/c1-17(20-7-4-8-21(25(20)29)26(30)31)32-27(37)22-16-35(28(11-12-28)18-5-3-6-18)24(36)15-23(22)33-19-9-13-34(2)14-10-19/h4,7-8,15-19,26,33H,3,5-6,9-14H2,1-2H3,(H,32,37)/t17-/m1/s1. The average molecular weight is 517 g/mol. The van der Waals surface area contributed by atoms with Crippen LogP contribution in [0.25, 0.3) is 0 Å². The second-order valence-electron chi connectivity index (χ2n) is 11.0. The van der Waals surface area contributed by atoms with Gasteiger partial charge in [-0.15, -0.1) is 0 Å². The number of aromatic nitrogens is 1. The van der Waals surface area contributed by atoms with Crippen LogP contribution in [0.15, 0.2) is 35.3 Å². The summed E-state index contributed by atoms with van der Waals surface area (Å²) in [5, 5.41) is 6.21. The highest BCUT2D eigenvalue weighted by atomic mass is 19.3. The number of rotatable bonds is 8. The van der Waals surface area contributed by atoms with E-state index in [0.717, 1.165) is 64.1 Å². The molecule has 2 heterocycles. The molecule has 3 aliphatic rings. The Bertz CT molecular complexity index is 1210. The molecule has 6 nitrogen and oxygen atoms in total. The zero-order valence-corrected chi connectivity index (χ0v) is 21.4. The lowest BCUT2D eigenvalue weighted by Gasteiger charge is -2.36. The summed E-state index contributed by atoms with van der Waals surface area (Å²) in [6.45, 7) is 3.40. The van der Waals surface area contributed by atoms with Crippen molar-refractivity contribution in [2.45, 2.75) is 75.9 Å². The van der Waals surface area contributed by atoms with Crippen molar-refractivity contribution in [3.63, 3.8) is 0 Å². The molecule has 2 aromatic rings. The highest BCUT2D eigenvalue weighted by Gasteiger charge is 2.53. The van der Waals surface area contributed by atoms with Crippen molar-refractivity contribution < 1.29 is 18.0 Å². The third kappa shape index (κ3) is 5.02. The van der Waals surface area contributed by atoms with Crippen LogP contribution in [-0.2, 0) is 5.54 Å². The van der Waals surface area contributed by atoms with E-state index in [2.05, 4.69) is 22.6 Å². The highest BCUT2D eigenvalue weighted by Crippen LogP contribution is 2.56. The first kappa shape index (κ1) is 25.8. The van der Waals surface area contributed by atoms with Gasteiger partial charge in [0.2, 0.25) is 0 Å². The number of nitrogens with zero attached hydrogens (tertiary/aromatic N) is 2. The molecule has 200 valence electrons. The van der Waals surface area contributed by atoms with Crippen molar-refractivity contribution in [3.8, 4) is 0 Å². The maximum Gasteiger partial charge on any atom is 0.266 e. The summed E-state index contributed by atoms with van der Waals surface area (Å²) in [6.07, 6.45) is 5.65. The van der Waals surface area contributed by atoms with Crippen molar-refractivity contribution in [2.75, 3.05) is 25.5 Å². The fourth-order valence-corrected chi connectivity index (χ4v) is 5.90. The van der Waals surface area contributed by atoms with Crippen LogP contribution in [0.4, 0.5) is 18.9 Å². The van der Waals surface area contributed by atoms with Gasteiger partial charge in [0, 0.05) is 23.9 Å². The largest absolute Gasteiger partial charge is 0.381 e. The number of nitrogens with one attached hydrogen (secondary N) is 2. The van der Waals surface area contributed by atoms with Gasteiger partial charge in [-0.25, -0.2) is 13.2 Å². The quantitative estimate of drug-likeness (QED) is 0.506. The zero-order valence-electron chi connectivity index (χ0n) is 21.4. The van der Waals surface area contributed by atoms with Crippen molar-refractivity contribution in [3.05, 3.63) is 63.3 Å². The van der Waals surface area contributed by atoms with Crippen molar-refractivity contribution >= 4 is 11.6 Å². The number of carbonyl (C=O) groups is 1. The number of halogens is 3. The van der Waals surface area contributed by atoms with Crippen LogP contribution in [0, 0.1) is 11.7 Å². The number of amides is 1. The van der Waals surface area contributed by atoms with E-state index in [1.165, 1.54) is 18.2 Å². The SMILES string of the molecule is C[C@@H](NC(=O)c1cn(C2(C3CCC3)CC2)c(=O)cc1NC1CCN(C)CC1)c1cccc(C(F)F)c1F. The fourth-order valence-electron chi connectivity index (χ4n) is 5.90. The van der Waals surface area contributed by atoms with E-state index in [9.17, 15) is 22.8 Å². The van der Waals surface area contributed by atoms with Gasteiger partial charge in [0.1, 0.15) is 5.82 Å². The molecule has 0 radical (unpaired) electrons. The minimum Gasteiger partial charge on any atom is -0.381 e. The van der Waals surface area contributed by atoms with E-state index in [4.69, 9.17) is 0 Å². The molecule has 2 N–H and O–H groups in total. The lowest BCUT2D eigenvalue weighted by molar-refractivity contribution is 0.0938. The Hall–Kier alpha value is -2.81. The lowest BCUT2D eigenvalue weighted by atomic mass is 9.77. The van der Waals surface area contributed by atoms with Gasteiger partial charge in [0.25, 0.3) is 17.9 Å². The van der Waals surface area contributed by atoms with Crippen molar-refractivity contribution in [1.29, 1.82) is 0 Å². The predicted octanol–water partition coefficient (Wildman–Crippen LogP) is 5.21. The van der Waals surface area contributed by atoms with Gasteiger partial charge < -0.3 is 20.1 Å². The first-order chi connectivity index (χ1) is 17.7. The van der Waals surface area contributed by atoms with Crippen LogP contribution < -0.4 is 16.2 Å². The summed E-state index contributed by atoms with van der Waals surface area (Å²) in [5.74, 6) is -1.04. The number of pyridine rings is 1. The van der Waals surface area contributed by atoms with E-state index >= 15 is 0 Å². The fraction of sp³-hybridized carbons (Fsp3) is 0.571. The Morgan fingerprint density at radius 2 is 1.78 bits per heavy atom. The number of piperidine rings is 1. The molecule has 5 rings (SSSR count). The molecule has 1 saturated heterocycles. The van der Waals surface area contributed by atoms with Crippen molar-refractivity contribution in [1.82, 2.24) is 14.8 Å². The first-order valence-corrected chi connectivity index (χ1v) is 13.3. The van der Waals surface area contributed by atoms with Crippen LogP contribution in [-0.4, -0.2) is 41.6 Å². The monoisotopic (exact) mass is 516 g/mol. The Kier molecular flexibility index (Phi) is 7.09. The predicted molar refractivity (Wildman–Crippen MR) is 137 cm³/mol. The summed E-state index contributed by atoms with van der Waals surface area (Å²) < 4.78 is 43.0. The van der Waals surface area contributed by atoms with Crippen LogP contribution in [0.3, 0.4) is 0 Å². The molecule has 2 aliphatic carbocycles. The number of hydrogen-bond donors (Lipinski definition) is 2. The lowest BCUT2D eigenvalue weighted by Crippen LogP contribution is -2.41. The summed E-state index contributed by atoms with van der Waals surface area (Å²) in [5.41, 5.74) is -0.252. The maximum atomic E-state index is 14.8. The first-order valence-electron chi connectivity index (χ1n) is 13.3. The molecule has 3 fully saturated rings. The van der Waals surface area contributed by atoms with Gasteiger partial charge in [0.05, 0.1) is 28.4 Å². The van der Waals surface area contributed by atoms with Crippen LogP contribution in [0.2, 0.25) is 0 Å². The summed E-state index contributed by atoms with van der Waals surface area (Å²) in [6, 6.07) is 4.62. The van der Waals surface area contributed by atoms with Gasteiger partial charge in [-0.3, -0.25) is 9.59 Å². The van der Waals surface area contributed by atoms with Crippen LogP contribution >= 0.6 is 0 Å². The molecule has 9 heteroatoms. The molecule has 1 amide bonds. The molecule has 0 bridgehead atoms. The van der Waals surface area contributed by atoms with Crippen LogP contribution in [0.5, 0.6) is 0 Å². The smallest absolute Gasteiger partial charge is 0.266 e. The summed E-state index contributed by atoms with van der Waals surface area (Å²) >= 11 is 0. The number of likely N-dealkylation sites (tertiary alicyclic amines) is 1. The van der Waals surface area contributed by atoms with Gasteiger partial charge in [-0.2, -0.15) is 0 Å². The molecule has 1 aromatic heterocycles. The second-order valence-corrected chi connectivity index (χ2v) is 11.0. The number of benzene rings is 1. The summed E-state index contributed by atoms with van der Waals surface area (Å²) in [4.78, 5) is 29.1. The Labute approximate surface area is 215 Å². The topological polar surface area (TPSA) is 66.4 Å². The molecule has 0 unspecified atom stereocenters. The van der Waals surface area contributed by atoms with E-state index in [0.29, 0.717) is 17.2 Å². The van der Waals surface area contributed by atoms with Gasteiger partial charge in [-0.1, -0.05) is 24.6 Å². The van der Waals surface area contributed by atoms with Gasteiger partial charge >= 0.3 is 0 Å². The normalized spacial score (nSPS) is 20.9. The van der Waals surface area contributed by atoms with Gasteiger partial charge in [-0.05, 0) is 71.5 Å². The Morgan fingerprint density at radius 1 is 1.11 bits per heavy atom. The minimum atomic E-state index is -2.95. The molecule has 2 saturated carbocycles. The number of carbonyl (C=O) groups excluding carboxylic acids is 1. The average Bonchev–Trinajstić information content (AvgIpc) is 3.60. The van der Waals surface area contributed by atoms with Crippen molar-refractivity contribution in [2.24, 2.45) is 5.92 Å². The van der Waals surface area contributed by atoms with E-state index in [1.54, 1.807) is 17.7 Å². The van der Waals surface area contributed by atoms with Gasteiger partial charge in [0.15, 0.2) is 0 Å². The molecule has 1 atom stereocenters. The number of alkyl halides is 2.